The smallest absolute Gasteiger partial charge is 0.339 e. The van der Waals surface area contributed by atoms with E-state index >= 15 is 0 Å². The van der Waals surface area contributed by atoms with E-state index in [1.54, 1.807) is 30.3 Å². The van der Waals surface area contributed by atoms with E-state index in [-0.39, 0.29) is 5.56 Å². The fourth-order valence-electron chi connectivity index (χ4n) is 2.48. The van der Waals surface area contributed by atoms with Crippen LogP contribution in [-0.4, -0.2) is 30.9 Å². The molecule has 134 valence electrons. The first-order chi connectivity index (χ1) is 11.8. The Kier molecular flexibility index (Phi) is 11.5. The quantitative estimate of drug-likeness (QED) is 0.359. The molecule has 0 amide bonds. The number of hydrogen-bond donors (Lipinski definition) is 1. The standard InChI is InChI=1S/C20H30O4/c1-2-15-23-16-11-7-5-3-4-6-8-12-17-24-19-14-10-9-13-18(19)20(21)22/h2,9-10,13-14H,1,3-8,11-12,15-17H2,(H,21,22). The minimum absolute atomic E-state index is 0.231. The summed E-state index contributed by atoms with van der Waals surface area (Å²) in [6.45, 7) is 5.68. The van der Waals surface area contributed by atoms with E-state index in [0.717, 1.165) is 25.9 Å². The molecule has 1 aromatic carbocycles. The zero-order valence-corrected chi connectivity index (χ0v) is 14.5. The fraction of sp³-hybridized carbons (Fsp3) is 0.550. The first kappa shape index (κ1) is 20.2. The van der Waals surface area contributed by atoms with E-state index in [9.17, 15) is 4.79 Å². The van der Waals surface area contributed by atoms with Gasteiger partial charge in [0.2, 0.25) is 0 Å². The highest BCUT2D eigenvalue weighted by atomic mass is 16.5. The van der Waals surface area contributed by atoms with E-state index in [1.807, 2.05) is 0 Å². The molecule has 24 heavy (non-hydrogen) atoms. The summed E-state index contributed by atoms with van der Waals surface area (Å²) in [4.78, 5) is 11.1. The summed E-state index contributed by atoms with van der Waals surface area (Å²) in [7, 11) is 0. The number of carboxylic acid groups (broad SMARTS) is 1. The highest BCUT2D eigenvalue weighted by molar-refractivity contribution is 5.90. The van der Waals surface area contributed by atoms with Gasteiger partial charge in [0.15, 0.2) is 0 Å². The topological polar surface area (TPSA) is 55.8 Å². The van der Waals surface area contributed by atoms with Crippen molar-refractivity contribution in [3.8, 4) is 5.75 Å². The number of carbonyl (C=O) groups is 1. The molecule has 0 aliphatic rings. The number of hydrogen-bond acceptors (Lipinski definition) is 3. The Balaban J connectivity index is 1.94. The average Bonchev–Trinajstić information content (AvgIpc) is 2.59. The lowest BCUT2D eigenvalue weighted by atomic mass is 10.1. The molecule has 4 nitrogen and oxygen atoms in total. The van der Waals surface area contributed by atoms with Crippen LogP contribution in [0.4, 0.5) is 0 Å². The summed E-state index contributed by atoms with van der Waals surface area (Å²) >= 11 is 0. The van der Waals surface area contributed by atoms with Crippen LogP contribution >= 0.6 is 0 Å². The minimum atomic E-state index is -0.944. The van der Waals surface area contributed by atoms with Crippen molar-refractivity contribution in [1.82, 2.24) is 0 Å². The summed E-state index contributed by atoms with van der Waals surface area (Å²) in [5.41, 5.74) is 0.231. The third-order valence-corrected chi connectivity index (χ3v) is 3.79. The summed E-state index contributed by atoms with van der Waals surface area (Å²) in [5, 5.41) is 9.08. The molecule has 1 rings (SSSR count). The molecular formula is C20H30O4. The SMILES string of the molecule is C=CCOCCCCCCCCCCOc1ccccc1C(=O)O. The van der Waals surface area contributed by atoms with Crippen molar-refractivity contribution in [3.63, 3.8) is 0 Å². The molecule has 1 N–H and O–H groups in total. The minimum Gasteiger partial charge on any atom is -0.493 e. The number of rotatable bonds is 15. The second-order valence-corrected chi connectivity index (χ2v) is 5.84. The lowest BCUT2D eigenvalue weighted by molar-refractivity contribution is 0.0692. The van der Waals surface area contributed by atoms with Gasteiger partial charge >= 0.3 is 5.97 Å². The molecule has 0 atom stereocenters. The van der Waals surface area contributed by atoms with Crippen LogP contribution < -0.4 is 4.74 Å². The van der Waals surface area contributed by atoms with Crippen LogP contribution in [0.5, 0.6) is 5.75 Å². The highest BCUT2D eigenvalue weighted by Crippen LogP contribution is 2.18. The molecule has 4 heteroatoms. The monoisotopic (exact) mass is 334 g/mol. The van der Waals surface area contributed by atoms with Crippen molar-refractivity contribution in [1.29, 1.82) is 0 Å². The third kappa shape index (κ3) is 9.36. The number of carboxylic acids is 1. The van der Waals surface area contributed by atoms with Gasteiger partial charge in [-0.1, -0.05) is 56.7 Å². The maximum atomic E-state index is 11.1. The van der Waals surface area contributed by atoms with Gasteiger partial charge in [0.1, 0.15) is 11.3 Å². The molecular weight excluding hydrogens is 304 g/mol. The van der Waals surface area contributed by atoms with Gasteiger partial charge in [-0.3, -0.25) is 0 Å². The van der Waals surface area contributed by atoms with Crippen LogP contribution in [0.3, 0.4) is 0 Å². The summed E-state index contributed by atoms with van der Waals surface area (Å²) in [6, 6.07) is 6.79. The van der Waals surface area contributed by atoms with Crippen LogP contribution in [0.25, 0.3) is 0 Å². The van der Waals surface area contributed by atoms with Crippen molar-refractivity contribution in [2.75, 3.05) is 19.8 Å². The summed E-state index contributed by atoms with van der Waals surface area (Å²) in [6.07, 6.45) is 11.2. The predicted molar refractivity (Wildman–Crippen MR) is 96.8 cm³/mol. The highest BCUT2D eigenvalue weighted by Gasteiger charge is 2.09. The van der Waals surface area contributed by atoms with Crippen molar-refractivity contribution >= 4 is 5.97 Å². The zero-order valence-electron chi connectivity index (χ0n) is 14.5. The molecule has 1 aromatic rings. The normalized spacial score (nSPS) is 10.5. The largest absolute Gasteiger partial charge is 0.493 e. The fourth-order valence-corrected chi connectivity index (χ4v) is 2.48. The predicted octanol–water partition coefficient (Wildman–Crippen LogP) is 5.09. The second kappa shape index (κ2) is 13.6. The summed E-state index contributed by atoms with van der Waals surface area (Å²) < 4.78 is 10.9. The van der Waals surface area contributed by atoms with Gasteiger partial charge in [-0.05, 0) is 25.0 Å². The van der Waals surface area contributed by atoms with Crippen molar-refractivity contribution < 1.29 is 19.4 Å². The van der Waals surface area contributed by atoms with Gasteiger partial charge in [-0.25, -0.2) is 4.79 Å². The van der Waals surface area contributed by atoms with E-state index < -0.39 is 5.97 Å². The second-order valence-electron chi connectivity index (χ2n) is 5.84. The van der Waals surface area contributed by atoms with Crippen LogP contribution in [0.15, 0.2) is 36.9 Å². The van der Waals surface area contributed by atoms with Crippen LogP contribution in [0.1, 0.15) is 61.7 Å². The Morgan fingerprint density at radius 2 is 1.54 bits per heavy atom. The molecule has 0 fully saturated rings. The van der Waals surface area contributed by atoms with Crippen LogP contribution in [0.2, 0.25) is 0 Å². The Morgan fingerprint density at radius 1 is 0.958 bits per heavy atom. The van der Waals surface area contributed by atoms with Crippen LogP contribution in [0, 0.1) is 0 Å². The Hall–Kier alpha value is -1.81. The molecule has 0 aliphatic carbocycles. The van der Waals surface area contributed by atoms with Gasteiger partial charge in [0.25, 0.3) is 0 Å². The number of benzene rings is 1. The lowest BCUT2D eigenvalue weighted by Crippen LogP contribution is -2.04. The molecule has 0 saturated carbocycles. The molecule has 0 spiro atoms. The molecule has 0 saturated heterocycles. The van der Waals surface area contributed by atoms with Gasteiger partial charge in [-0.15, -0.1) is 6.58 Å². The van der Waals surface area contributed by atoms with Gasteiger partial charge in [0.05, 0.1) is 13.2 Å². The first-order valence-corrected chi connectivity index (χ1v) is 8.89. The van der Waals surface area contributed by atoms with Gasteiger partial charge in [-0.2, -0.15) is 0 Å². The molecule has 0 heterocycles. The number of ether oxygens (including phenoxy) is 2. The Bertz CT molecular complexity index is 470. The number of para-hydroxylation sites is 1. The molecule has 0 radical (unpaired) electrons. The van der Waals surface area contributed by atoms with E-state index in [2.05, 4.69) is 6.58 Å². The maximum Gasteiger partial charge on any atom is 0.339 e. The maximum absolute atomic E-state index is 11.1. The van der Waals surface area contributed by atoms with Crippen molar-refractivity contribution in [2.45, 2.75) is 51.4 Å². The lowest BCUT2D eigenvalue weighted by Gasteiger charge is -2.08. The molecule has 0 aliphatic heterocycles. The Labute approximate surface area is 145 Å². The first-order valence-electron chi connectivity index (χ1n) is 8.89. The molecule has 0 aromatic heterocycles. The van der Waals surface area contributed by atoms with E-state index in [0.29, 0.717) is 19.0 Å². The summed E-state index contributed by atoms with van der Waals surface area (Å²) in [5.74, 6) is -0.482. The number of unbranched alkanes of at least 4 members (excludes halogenated alkanes) is 7. The zero-order chi connectivity index (χ0) is 17.5. The van der Waals surface area contributed by atoms with Gasteiger partial charge < -0.3 is 14.6 Å². The van der Waals surface area contributed by atoms with E-state index in [1.165, 1.54) is 32.1 Å². The molecule has 0 bridgehead atoms. The third-order valence-electron chi connectivity index (χ3n) is 3.79. The van der Waals surface area contributed by atoms with Crippen molar-refractivity contribution in [2.24, 2.45) is 0 Å². The average molecular weight is 334 g/mol. The van der Waals surface area contributed by atoms with Crippen molar-refractivity contribution in [3.05, 3.63) is 42.5 Å². The van der Waals surface area contributed by atoms with Crippen LogP contribution in [-0.2, 0) is 4.74 Å². The van der Waals surface area contributed by atoms with Gasteiger partial charge in [0, 0.05) is 6.61 Å². The Morgan fingerprint density at radius 3 is 2.17 bits per heavy atom. The molecule has 0 unspecified atom stereocenters. The van der Waals surface area contributed by atoms with E-state index in [4.69, 9.17) is 14.6 Å². The number of aromatic carboxylic acids is 1.